The SMILES string of the molecule is c1ccc2c(c1)sc1nc3c4ccccc4c4ccccc4c3nc12. The molecular weight excluding hydrogens is 324 g/mol. The fraction of sp³-hybridized carbons (Fsp3) is 0. The average molecular weight is 336 g/mol. The summed E-state index contributed by atoms with van der Waals surface area (Å²) in [4.78, 5) is 11.1. The fourth-order valence-electron chi connectivity index (χ4n) is 3.75. The van der Waals surface area contributed by atoms with Crippen LogP contribution in [0.3, 0.4) is 0 Å². The van der Waals surface area contributed by atoms with Gasteiger partial charge in [0.25, 0.3) is 0 Å². The summed E-state index contributed by atoms with van der Waals surface area (Å²) in [5.41, 5.74) is 2.99. The Morgan fingerprint density at radius 2 is 1.00 bits per heavy atom. The zero-order chi connectivity index (χ0) is 16.4. The van der Waals surface area contributed by atoms with Crippen LogP contribution in [0.15, 0.2) is 72.8 Å². The summed E-state index contributed by atoms with van der Waals surface area (Å²) in [7, 11) is 0. The molecule has 0 aliphatic rings. The highest BCUT2D eigenvalue weighted by Gasteiger charge is 2.14. The second kappa shape index (κ2) is 4.74. The maximum absolute atomic E-state index is 5.09. The van der Waals surface area contributed by atoms with Crippen molar-refractivity contribution in [3.63, 3.8) is 0 Å². The summed E-state index contributed by atoms with van der Waals surface area (Å²) < 4.78 is 1.24. The number of thiophene rings is 1. The standard InChI is InChI=1S/C22H12N2S/c1-3-9-15-13(7-1)14-8-2-4-10-16(14)20-19(15)23-21-17-11-5-6-12-18(17)25-22(21)24-20/h1-12H. The summed E-state index contributed by atoms with van der Waals surface area (Å²) in [5.74, 6) is 0. The molecule has 3 heteroatoms. The Hall–Kier alpha value is -3.04. The molecule has 6 rings (SSSR count). The molecule has 0 amide bonds. The smallest absolute Gasteiger partial charge is 0.143 e. The van der Waals surface area contributed by atoms with E-state index in [1.807, 2.05) is 0 Å². The normalized spacial score (nSPS) is 12.0. The Kier molecular flexibility index (Phi) is 2.52. The van der Waals surface area contributed by atoms with Gasteiger partial charge in [0, 0.05) is 20.9 Å². The third-order valence-corrected chi connectivity index (χ3v) is 5.92. The van der Waals surface area contributed by atoms with Crippen LogP contribution in [0.5, 0.6) is 0 Å². The lowest BCUT2D eigenvalue weighted by molar-refractivity contribution is 1.46. The monoisotopic (exact) mass is 336 g/mol. The van der Waals surface area contributed by atoms with Crippen molar-refractivity contribution in [2.75, 3.05) is 0 Å². The molecule has 0 atom stereocenters. The molecule has 0 aliphatic carbocycles. The van der Waals surface area contributed by atoms with Gasteiger partial charge in [0.05, 0.1) is 11.0 Å². The summed E-state index contributed by atoms with van der Waals surface area (Å²) in [6.45, 7) is 0. The zero-order valence-corrected chi connectivity index (χ0v) is 14.0. The van der Waals surface area contributed by atoms with Crippen molar-refractivity contribution in [2.24, 2.45) is 0 Å². The number of benzene rings is 4. The first-order valence-electron chi connectivity index (χ1n) is 8.28. The summed E-state index contributed by atoms with van der Waals surface area (Å²) >= 11 is 1.72. The molecule has 0 aliphatic heterocycles. The van der Waals surface area contributed by atoms with Crippen LogP contribution in [0.25, 0.3) is 53.0 Å². The predicted octanol–water partition coefficient (Wildman–Crippen LogP) is 6.30. The third-order valence-electron chi connectivity index (χ3n) is 4.87. The third kappa shape index (κ3) is 1.73. The highest BCUT2D eigenvalue weighted by molar-refractivity contribution is 7.25. The van der Waals surface area contributed by atoms with E-state index in [2.05, 4.69) is 72.8 Å². The van der Waals surface area contributed by atoms with Gasteiger partial charge >= 0.3 is 0 Å². The minimum absolute atomic E-state index is 0.991. The highest BCUT2D eigenvalue weighted by Crippen LogP contribution is 2.37. The minimum Gasteiger partial charge on any atom is -0.242 e. The molecule has 2 aromatic heterocycles. The van der Waals surface area contributed by atoms with E-state index in [9.17, 15) is 0 Å². The van der Waals surface area contributed by atoms with E-state index in [-0.39, 0.29) is 0 Å². The lowest BCUT2D eigenvalue weighted by Gasteiger charge is -2.08. The van der Waals surface area contributed by atoms with E-state index >= 15 is 0 Å². The van der Waals surface area contributed by atoms with Gasteiger partial charge in [0.15, 0.2) is 0 Å². The van der Waals surface area contributed by atoms with E-state index in [1.165, 1.54) is 31.6 Å². The van der Waals surface area contributed by atoms with Crippen molar-refractivity contribution in [1.82, 2.24) is 9.97 Å². The van der Waals surface area contributed by atoms with E-state index in [1.54, 1.807) is 11.3 Å². The Labute approximate surface area is 147 Å². The number of hydrogen-bond acceptors (Lipinski definition) is 3. The van der Waals surface area contributed by atoms with Crippen molar-refractivity contribution < 1.29 is 0 Å². The molecule has 0 fully saturated rings. The molecule has 0 saturated carbocycles. The lowest BCUT2D eigenvalue weighted by Crippen LogP contribution is -1.89. The number of hydrogen-bond donors (Lipinski definition) is 0. The van der Waals surface area contributed by atoms with E-state index in [4.69, 9.17) is 9.97 Å². The second-order valence-electron chi connectivity index (χ2n) is 6.26. The Morgan fingerprint density at radius 3 is 1.68 bits per heavy atom. The number of nitrogens with zero attached hydrogens (tertiary/aromatic N) is 2. The van der Waals surface area contributed by atoms with Gasteiger partial charge in [-0.1, -0.05) is 66.7 Å². The molecule has 6 aromatic rings. The Morgan fingerprint density at radius 1 is 0.480 bits per heavy atom. The van der Waals surface area contributed by atoms with E-state index in [0.717, 1.165) is 21.4 Å². The lowest BCUT2D eigenvalue weighted by atomic mass is 9.99. The molecule has 0 saturated heterocycles. The molecular formula is C22H12N2S. The van der Waals surface area contributed by atoms with Gasteiger partial charge in [-0.25, -0.2) is 9.97 Å². The molecule has 0 radical (unpaired) electrons. The summed E-state index contributed by atoms with van der Waals surface area (Å²) in [6, 6.07) is 25.4. The van der Waals surface area contributed by atoms with Crippen molar-refractivity contribution >= 4 is 64.3 Å². The first-order chi connectivity index (χ1) is 12.4. The first kappa shape index (κ1) is 13.3. The summed E-state index contributed by atoms with van der Waals surface area (Å²) in [5, 5.41) is 6.00. The van der Waals surface area contributed by atoms with Crippen molar-refractivity contribution in [3.8, 4) is 0 Å². The molecule has 0 N–H and O–H groups in total. The first-order valence-corrected chi connectivity index (χ1v) is 9.10. The number of aromatic nitrogens is 2. The maximum Gasteiger partial charge on any atom is 0.143 e. The van der Waals surface area contributed by atoms with Crippen LogP contribution in [0.4, 0.5) is 0 Å². The van der Waals surface area contributed by atoms with E-state index < -0.39 is 0 Å². The van der Waals surface area contributed by atoms with Gasteiger partial charge in [0.1, 0.15) is 10.3 Å². The van der Waals surface area contributed by atoms with E-state index in [0.29, 0.717) is 0 Å². The van der Waals surface area contributed by atoms with Crippen molar-refractivity contribution in [1.29, 1.82) is 0 Å². The van der Waals surface area contributed by atoms with Crippen LogP contribution in [0.2, 0.25) is 0 Å². The Bertz CT molecular complexity index is 1450. The predicted molar refractivity (Wildman–Crippen MR) is 107 cm³/mol. The highest BCUT2D eigenvalue weighted by atomic mass is 32.1. The van der Waals surface area contributed by atoms with Gasteiger partial charge < -0.3 is 0 Å². The van der Waals surface area contributed by atoms with Gasteiger partial charge in [0.2, 0.25) is 0 Å². The van der Waals surface area contributed by atoms with Crippen LogP contribution >= 0.6 is 11.3 Å². The van der Waals surface area contributed by atoms with Gasteiger partial charge in [-0.15, -0.1) is 11.3 Å². The minimum atomic E-state index is 0.991. The molecule has 4 aromatic carbocycles. The van der Waals surface area contributed by atoms with Crippen LogP contribution < -0.4 is 0 Å². The molecule has 116 valence electrons. The van der Waals surface area contributed by atoms with Crippen LogP contribution in [0.1, 0.15) is 0 Å². The van der Waals surface area contributed by atoms with Crippen LogP contribution in [-0.4, -0.2) is 9.97 Å². The molecule has 2 heterocycles. The van der Waals surface area contributed by atoms with Gasteiger partial charge in [-0.2, -0.15) is 0 Å². The molecule has 0 spiro atoms. The molecule has 0 unspecified atom stereocenters. The largest absolute Gasteiger partial charge is 0.242 e. The molecule has 25 heavy (non-hydrogen) atoms. The topological polar surface area (TPSA) is 25.8 Å². The fourth-order valence-corrected chi connectivity index (χ4v) is 4.77. The zero-order valence-electron chi connectivity index (χ0n) is 13.2. The van der Waals surface area contributed by atoms with Crippen molar-refractivity contribution in [3.05, 3.63) is 72.8 Å². The Balaban J connectivity index is 1.96. The maximum atomic E-state index is 5.09. The van der Waals surface area contributed by atoms with Crippen LogP contribution in [0, 0.1) is 0 Å². The van der Waals surface area contributed by atoms with Crippen LogP contribution in [-0.2, 0) is 0 Å². The average Bonchev–Trinajstić information content (AvgIpc) is 3.04. The van der Waals surface area contributed by atoms with Gasteiger partial charge in [-0.3, -0.25) is 0 Å². The second-order valence-corrected chi connectivity index (χ2v) is 7.29. The van der Waals surface area contributed by atoms with Gasteiger partial charge in [-0.05, 0) is 16.8 Å². The summed E-state index contributed by atoms with van der Waals surface area (Å²) in [6.07, 6.45) is 0. The number of fused-ring (bicyclic) bond motifs is 9. The quantitative estimate of drug-likeness (QED) is 0.304. The molecule has 2 nitrogen and oxygen atoms in total. The van der Waals surface area contributed by atoms with Crippen molar-refractivity contribution in [2.45, 2.75) is 0 Å². The molecule has 0 bridgehead atoms. The number of rotatable bonds is 0.